The van der Waals surface area contributed by atoms with E-state index in [4.69, 9.17) is 5.11 Å². The Labute approximate surface area is 172 Å². The number of rotatable bonds is 2. The predicted molar refractivity (Wildman–Crippen MR) is 94.0 cm³/mol. The van der Waals surface area contributed by atoms with Crippen molar-refractivity contribution in [2.45, 2.75) is 0 Å². The van der Waals surface area contributed by atoms with Crippen molar-refractivity contribution in [2.75, 3.05) is 0 Å². The number of aromatic amines is 1. The molecule has 6 heteroatoms. The number of H-pyrrole nitrogens is 1. The number of aromatic nitrogens is 2. The molecule has 1 aromatic heterocycles. The topological polar surface area (TPSA) is 89.0 Å². The van der Waals surface area contributed by atoms with E-state index in [9.17, 15) is 9.90 Å². The summed E-state index contributed by atoms with van der Waals surface area (Å²) in [5.74, 6) is -0.697. The second kappa shape index (κ2) is 9.20. The van der Waals surface area contributed by atoms with E-state index in [2.05, 4.69) is 22.1 Å². The van der Waals surface area contributed by atoms with E-state index in [0.717, 1.165) is 22.4 Å². The number of para-hydroxylation sites is 3. The van der Waals surface area contributed by atoms with Gasteiger partial charge in [0, 0.05) is 11.1 Å². The van der Waals surface area contributed by atoms with Gasteiger partial charge in [-0.05, 0) is 24.3 Å². The van der Waals surface area contributed by atoms with Crippen LogP contribution in [0.25, 0.3) is 22.4 Å². The molecule has 0 aliphatic carbocycles. The van der Waals surface area contributed by atoms with E-state index in [1.807, 2.05) is 42.5 Å². The average molecular weight is 354 g/mol. The van der Waals surface area contributed by atoms with Gasteiger partial charge in [0.15, 0.2) is 0 Å². The summed E-state index contributed by atoms with van der Waals surface area (Å²) in [5.41, 5.74) is 3.03. The molecule has 0 unspecified atom stereocenters. The Morgan fingerprint density at radius 3 is 2.12 bits per heavy atom. The first kappa shape index (κ1) is 19.7. The summed E-state index contributed by atoms with van der Waals surface area (Å²) in [5, 5.41) is 19.0. The summed E-state index contributed by atoms with van der Waals surface area (Å²) in [6.07, 6.45) is 0. The third-order valence-electron chi connectivity index (χ3n) is 3.56. The van der Waals surface area contributed by atoms with Crippen LogP contribution >= 0.6 is 0 Å². The van der Waals surface area contributed by atoms with Gasteiger partial charge in [0.1, 0.15) is 11.6 Å². The summed E-state index contributed by atoms with van der Waals surface area (Å²) in [6.45, 7) is 0. The quantitative estimate of drug-likeness (QED) is 0.496. The summed E-state index contributed by atoms with van der Waals surface area (Å²) in [6, 6.07) is 23.8. The van der Waals surface area contributed by atoms with Crippen molar-refractivity contribution in [1.82, 2.24) is 9.97 Å². The number of imidazole rings is 1. The van der Waals surface area contributed by atoms with Crippen molar-refractivity contribution < 1.29 is 44.6 Å². The van der Waals surface area contributed by atoms with Crippen molar-refractivity contribution in [1.29, 1.82) is 0 Å². The summed E-state index contributed by atoms with van der Waals surface area (Å²) in [4.78, 5) is 18.0. The van der Waals surface area contributed by atoms with Crippen LogP contribution in [-0.4, -0.2) is 21.0 Å². The van der Waals surface area contributed by atoms with Crippen molar-refractivity contribution in [3.05, 3.63) is 84.4 Å². The maximum absolute atomic E-state index is 10.2. The Balaban J connectivity index is 0.000000195. The van der Waals surface area contributed by atoms with Gasteiger partial charge in [-0.2, -0.15) is 0 Å². The molecule has 0 aliphatic rings. The zero-order valence-corrected chi connectivity index (χ0v) is 16.2. The molecule has 3 aromatic carbocycles. The molecular formula is C20H15N2NaO3. The standard InChI is InChI=1S/C13H10N2.C7H6O3.Na/c1-2-6-10(7-3-1)13-14-11-8-4-5-9-12(11)15-13;8-6-4-2-1-3-5(6)7(9)10;/h1-9H,(H,14,15);1-4,8H,(H,9,10);/q;;+1/p-1. The van der Waals surface area contributed by atoms with Crippen molar-refractivity contribution >= 4 is 17.0 Å². The number of nitrogens with one attached hydrogen (secondary N) is 1. The van der Waals surface area contributed by atoms with Crippen molar-refractivity contribution in [3.8, 4) is 17.1 Å². The van der Waals surface area contributed by atoms with Gasteiger partial charge in [0.05, 0.1) is 17.0 Å². The third-order valence-corrected chi connectivity index (χ3v) is 3.56. The second-order valence-electron chi connectivity index (χ2n) is 5.27. The van der Waals surface area contributed by atoms with Crippen molar-refractivity contribution in [2.24, 2.45) is 0 Å². The molecule has 0 aliphatic heterocycles. The number of nitrogens with zero attached hydrogens (tertiary/aromatic N) is 1. The number of aromatic hydroxyl groups is 1. The zero-order valence-electron chi connectivity index (χ0n) is 14.2. The minimum atomic E-state index is -1.36. The van der Waals surface area contributed by atoms with E-state index in [1.54, 1.807) is 6.07 Å². The summed E-state index contributed by atoms with van der Waals surface area (Å²) >= 11 is 0. The number of phenols is 1. The van der Waals surface area contributed by atoms with Gasteiger partial charge in [0.2, 0.25) is 0 Å². The summed E-state index contributed by atoms with van der Waals surface area (Å²) < 4.78 is 0. The van der Waals surface area contributed by atoms with E-state index < -0.39 is 5.97 Å². The number of aromatic carboxylic acids is 1. The maximum atomic E-state index is 10.2. The zero-order chi connectivity index (χ0) is 17.6. The number of carbonyl (C=O) groups is 1. The predicted octanol–water partition coefficient (Wildman–Crippen LogP) is -0.0104. The first-order valence-electron chi connectivity index (χ1n) is 7.64. The number of benzene rings is 3. The molecule has 0 bridgehead atoms. The molecule has 1 heterocycles. The fourth-order valence-corrected chi connectivity index (χ4v) is 2.33. The van der Waals surface area contributed by atoms with Crippen LogP contribution in [-0.2, 0) is 0 Å². The van der Waals surface area contributed by atoms with Gasteiger partial charge in [-0.1, -0.05) is 54.6 Å². The number of carboxylic acids is 1. The van der Waals surface area contributed by atoms with Gasteiger partial charge in [-0.25, -0.2) is 4.98 Å². The summed E-state index contributed by atoms with van der Waals surface area (Å²) in [7, 11) is 0. The van der Waals surface area contributed by atoms with Crippen LogP contribution < -0.4 is 34.7 Å². The van der Waals surface area contributed by atoms with Crippen molar-refractivity contribution in [3.63, 3.8) is 0 Å². The maximum Gasteiger partial charge on any atom is 1.00 e. The molecule has 0 fully saturated rings. The van der Waals surface area contributed by atoms with Gasteiger partial charge >= 0.3 is 29.6 Å². The Morgan fingerprint density at radius 1 is 0.885 bits per heavy atom. The molecule has 0 amide bonds. The van der Waals surface area contributed by atoms with Gasteiger partial charge in [-0.15, -0.1) is 0 Å². The fourth-order valence-electron chi connectivity index (χ4n) is 2.33. The monoisotopic (exact) mass is 354 g/mol. The first-order chi connectivity index (χ1) is 12.1. The molecule has 5 nitrogen and oxygen atoms in total. The molecule has 2 N–H and O–H groups in total. The van der Waals surface area contributed by atoms with Crippen LogP contribution in [0.3, 0.4) is 0 Å². The normalized spacial score (nSPS) is 9.69. The number of fused-ring (bicyclic) bond motifs is 1. The van der Waals surface area contributed by atoms with Gasteiger partial charge in [0.25, 0.3) is 0 Å². The number of carboxylic acid groups (broad SMARTS) is 1. The van der Waals surface area contributed by atoms with Crippen LogP contribution in [0.15, 0.2) is 78.9 Å². The fraction of sp³-hybridized carbons (Fsp3) is 0. The van der Waals surface area contributed by atoms with Gasteiger partial charge in [-0.3, -0.25) is 0 Å². The van der Waals surface area contributed by atoms with Crippen LogP contribution in [0.1, 0.15) is 10.4 Å². The molecule has 4 aromatic rings. The number of hydrogen-bond acceptors (Lipinski definition) is 4. The molecule has 124 valence electrons. The van der Waals surface area contributed by atoms with Crippen LogP contribution in [0.4, 0.5) is 0 Å². The Hall–Kier alpha value is -2.60. The largest absolute Gasteiger partial charge is 1.00 e. The minimum Gasteiger partial charge on any atom is -0.545 e. The molecule has 4 rings (SSSR count). The SMILES string of the molecule is O=C([O-])c1ccccc1O.[Na+].c1ccc(-c2nc3ccccc3[nH]2)cc1. The molecule has 0 saturated carbocycles. The van der Waals surface area contributed by atoms with E-state index in [0.29, 0.717) is 0 Å². The smallest absolute Gasteiger partial charge is 0.545 e. The second-order valence-corrected chi connectivity index (χ2v) is 5.27. The van der Waals surface area contributed by atoms with Crippen LogP contribution in [0.5, 0.6) is 5.75 Å². The van der Waals surface area contributed by atoms with E-state index in [1.165, 1.54) is 18.2 Å². The molecule has 0 saturated heterocycles. The molecule has 0 radical (unpaired) electrons. The van der Waals surface area contributed by atoms with Crippen LogP contribution in [0, 0.1) is 0 Å². The van der Waals surface area contributed by atoms with Crippen LogP contribution in [0.2, 0.25) is 0 Å². The number of carbonyl (C=O) groups excluding carboxylic acids is 1. The van der Waals surface area contributed by atoms with E-state index in [-0.39, 0.29) is 40.9 Å². The Bertz CT molecular complexity index is 967. The molecular weight excluding hydrogens is 339 g/mol. The Morgan fingerprint density at radius 2 is 1.50 bits per heavy atom. The number of hydrogen-bond donors (Lipinski definition) is 2. The molecule has 26 heavy (non-hydrogen) atoms. The first-order valence-corrected chi connectivity index (χ1v) is 7.64. The van der Waals surface area contributed by atoms with Gasteiger partial charge < -0.3 is 20.0 Å². The molecule has 0 spiro atoms. The van der Waals surface area contributed by atoms with E-state index >= 15 is 0 Å². The molecule has 0 atom stereocenters. The Kier molecular flexibility index (Phi) is 6.97. The third kappa shape index (κ3) is 4.73. The minimum absolute atomic E-state index is 0. The average Bonchev–Trinajstić information content (AvgIpc) is 3.07.